The molecule has 0 N–H and O–H groups in total. The lowest BCUT2D eigenvalue weighted by atomic mass is 9.88. The zero-order chi connectivity index (χ0) is 19.1. The molecule has 0 unspecified atom stereocenters. The van der Waals surface area contributed by atoms with Crippen LogP contribution in [-0.4, -0.2) is 55.0 Å². The van der Waals surface area contributed by atoms with Crippen LogP contribution in [0.3, 0.4) is 0 Å². The average Bonchev–Trinajstić information content (AvgIpc) is 2.60. The highest BCUT2D eigenvalue weighted by Crippen LogP contribution is 2.25. The Bertz CT molecular complexity index is 395. The van der Waals surface area contributed by atoms with Gasteiger partial charge < -0.3 is 14.2 Å². The molecule has 0 aromatic heterocycles. The topological polar surface area (TPSA) is 78.9 Å². The molecule has 6 nitrogen and oxygen atoms in total. The summed E-state index contributed by atoms with van der Waals surface area (Å²) >= 11 is 12.0. The number of esters is 3. The molecule has 0 bridgehead atoms. The zero-order valence-electron chi connectivity index (χ0n) is 14.6. The summed E-state index contributed by atoms with van der Waals surface area (Å²) in [5.74, 6) is 0.222. The highest BCUT2D eigenvalue weighted by Gasteiger charge is 2.34. The highest BCUT2D eigenvalue weighted by atomic mass is 32.1. The van der Waals surface area contributed by atoms with Crippen molar-refractivity contribution < 1.29 is 28.6 Å². The van der Waals surface area contributed by atoms with E-state index in [4.69, 9.17) is 14.2 Å². The summed E-state index contributed by atoms with van der Waals surface area (Å²) in [6.07, 6.45) is 1.76. The number of ether oxygens (including phenoxy) is 3. The van der Waals surface area contributed by atoms with Gasteiger partial charge in [-0.2, -0.15) is 37.9 Å². The van der Waals surface area contributed by atoms with E-state index in [0.29, 0.717) is 30.1 Å². The standard InChI is InChI=1S/C16H28O6S3/c1-2-16(11-21-14(18)5-8-24,12-22-15(19)6-9-25)10-20-13(17)4-3-7-23/h23-25H,2-12H2,1H3. The van der Waals surface area contributed by atoms with Gasteiger partial charge in [0.25, 0.3) is 0 Å². The van der Waals surface area contributed by atoms with Gasteiger partial charge in [0, 0.05) is 17.9 Å². The molecule has 25 heavy (non-hydrogen) atoms. The SMILES string of the molecule is CCC(COC(=O)CCS)(COC(=O)CCS)COC(=O)CCCS. The normalized spacial score (nSPS) is 11.0. The molecule has 0 saturated carbocycles. The van der Waals surface area contributed by atoms with Crippen molar-refractivity contribution in [3.8, 4) is 0 Å². The summed E-state index contributed by atoms with van der Waals surface area (Å²) in [7, 11) is 0. The Morgan fingerprint density at radius 3 is 1.44 bits per heavy atom. The minimum absolute atomic E-state index is 0.00408. The molecule has 0 aliphatic rings. The van der Waals surface area contributed by atoms with Crippen LogP contribution in [0.4, 0.5) is 0 Å². The maximum atomic E-state index is 11.8. The van der Waals surface area contributed by atoms with Gasteiger partial charge in [-0.15, -0.1) is 0 Å². The molecule has 0 radical (unpaired) electrons. The molecule has 0 aliphatic heterocycles. The van der Waals surface area contributed by atoms with Crippen molar-refractivity contribution in [1.29, 1.82) is 0 Å². The van der Waals surface area contributed by atoms with Crippen LogP contribution in [0.2, 0.25) is 0 Å². The van der Waals surface area contributed by atoms with Gasteiger partial charge in [0.1, 0.15) is 19.8 Å². The zero-order valence-corrected chi connectivity index (χ0v) is 17.3. The highest BCUT2D eigenvalue weighted by molar-refractivity contribution is 7.80. The Hall–Kier alpha value is -0.540. The van der Waals surface area contributed by atoms with Gasteiger partial charge in [0.05, 0.1) is 18.3 Å². The summed E-state index contributed by atoms with van der Waals surface area (Å²) in [6.45, 7) is 1.88. The van der Waals surface area contributed by atoms with E-state index in [1.165, 1.54) is 0 Å². The van der Waals surface area contributed by atoms with Crippen molar-refractivity contribution in [2.75, 3.05) is 37.1 Å². The third kappa shape index (κ3) is 11.6. The van der Waals surface area contributed by atoms with Crippen molar-refractivity contribution in [2.24, 2.45) is 5.41 Å². The molecule has 0 saturated heterocycles. The van der Waals surface area contributed by atoms with E-state index in [1.807, 2.05) is 6.92 Å². The number of hydrogen-bond acceptors (Lipinski definition) is 9. The van der Waals surface area contributed by atoms with Crippen LogP contribution in [0.1, 0.15) is 39.0 Å². The molecule has 0 spiro atoms. The quantitative estimate of drug-likeness (QED) is 0.231. The van der Waals surface area contributed by atoms with Crippen LogP contribution in [0.5, 0.6) is 0 Å². The average molecular weight is 413 g/mol. The van der Waals surface area contributed by atoms with E-state index < -0.39 is 17.4 Å². The third-order valence-electron chi connectivity index (χ3n) is 3.54. The van der Waals surface area contributed by atoms with Crippen molar-refractivity contribution >= 4 is 55.8 Å². The third-order valence-corrected chi connectivity index (χ3v) is 4.30. The van der Waals surface area contributed by atoms with Crippen LogP contribution in [0.25, 0.3) is 0 Å². The fraction of sp³-hybridized carbons (Fsp3) is 0.812. The van der Waals surface area contributed by atoms with Gasteiger partial charge in [-0.05, 0) is 18.6 Å². The van der Waals surface area contributed by atoms with Gasteiger partial charge in [-0.1, -0.05) is 6.92 Å². The number of carbonyl (C=O) groups is 3. The summed E-state index contributed by atoms with van der Waals surface area (Å²) in [6, 6.07) is 0. The fourth-order valence-corrected chi connectivity index (χ4v) is 2.28. The van der Waals surface area contributed by atoms with E-state index in [1.54, 1.807) is 0 Å². The number of thiol groups is 3. The Morgan fingerprint density at radius 1 is 0.720 bits per heavy atom. The Morgan fingerprint density at radius 2 is 1.12 bits per heavy atom. The van der Waals surface area contributed by atoms with E-state index in [-0.39, 0.29) is 45.1 Å². The van der Waals surface area contributed by atoms with Gasteiger partial charge in [-0.3, -0.25) is 14.4 Å². The van der Waals surface area contributed by atoms with Crippen LogP contribution >= 0.6 is 37.9 Å². The molecule has 0 aromatic rings. The molecule has 146 valence electrons. The van der Waals surface area contributed by atoms with Crippen LogP contribution < -0.4 is 0 Å². The minimum atomic E-state index is -0.769. The molecule has 0 rings (SSSR count). The first-order valence-corrected chi connectivity index (χ1v) is 10.1. The lowest BCUT2D eigenvalue weighted by Crippen LogP contribution is -2.39. The van der Waals surface area contributed by atoms with Crippen molar-refractivity contribution in [2.45, 2.75) is 39.0 Å². The van der Waals surface area contributed by atoms with E-state index >= 15 is 0 Å². The van der Waals surface area contributed by atoms with Crippen molar-refractivity contribution in [3.05, 3.63) is 0 Å². The van der Waals surface area contributed by atoms with Crippen LogP contribution in [-0.2, 0) is 28.6 Å². The molecular weight excluding hydrogens is 384 g/mol. The summed E-state index contributed by atoms with van der Waals surface area (Å²) in [5.41, 5.74) is -0.769. The summed E-state index contributed by atoms with van der Waals surface area (Å²) in [5, 5.41) is 0. The maximum absolute atomic E-state index is 11.8. The minimum Gasteiger partial charge on any atom is -0.465 e. The van der Waals surface area contributed by atoms with Crippen molar-refractivity contribution in [3.63, 3.8) is 0 Å². The molecule has 0 aliphatic carbocycles. The molecule has 0 atom stereocenters. The smallest absolute Gasteiger partial charge is 0.306 e. The van der Waals surface area contributed by atoms with Gasteiger partial charge in [0.15, 0.2) is 0 Å². The van der Waals surface area contributed by atoms with Gasteiger partial charge in [-0.25, -0.2) is 0 Å². The Labute approximate surface area is 166 Å². The number of rotatable bonds is 14. The monoisotopic (exact) mass is 412 g/mol. The number of carbonyl (C=O) groups excluding carboxylic acids is 3. The largest absolute Gasteiger partial charge is 0.465 e. The predicted molar refractivity (Wildman–Crippen MR) is 106 cm³/mol. The van der Waals surface area contributed by atoms with Crippen LogP contribution in [0, 0.1) is 5.41 Å². The lowest BCUT2D eigenvalue weighted by molar-refractivity contribution is -0.162. The van der Waals surface area contributed by atoms with E-state index in [0.717, 1.165) is 0 Å². The second-order valence-electron chi connectivity index (χ2n) is 5.61. The number of hydrogen-bond donors (Lipinski definition) is 3. The molecule has 9 heteroatoms. The van der Waals surface area contributed by atoms with Crippen LogP contribution in [0.15, 0.2) is 0 Å². The molecule has 0 amide bonds. The lowest BCUT2D eigenvalue weighted by Gasteiger charge is -2.31. The van der Waals surface area contributed by atoms with E-state index in [2.05, 4.69) is 37.9 Å². The first-order chi connectivity index (χ1) is 11.9. The molecule has 0 fully saturated rings. The maximum Gasteiger partial charge on any atom is 0.306 e. The predicted octanol–water partition coefficient (Wildman–Crippen LogP) is 2.36. The first-order valence-electron chi connectivity index (χ1n) is 8.22. The van der Waals surface area contributed by atoms with E-state index in [9.17, 15) is 14.4 Å². The molecule has 0 heterocycles. The second-order valence-corrected chi connectivity index (χ2v) is 6.95. The first kappa shape index (κ1) is 24.5. The Kier molecular flexibility index (Phi) is 14.3. The fourth-order valence-electron chi connectivity index (χ4n) is 1.75. The van der Waals surface area contributed by atoms with Gasteiger partial charge >= 0.3 is 17.9 Å². The Balaban J connectivity index is 4.80. The summed E-state index contributed by atoms with van der Waals surface area (Å²) < 4.78 is 15.8. The molecular formula is C16H28O6S3. The second kappa shape index (κ2) is 14.6. The molecule has 0 aromatic carbocycles. The summed E-state index contributed by atoms with van der Waals surface area (Å²) in [4.78, 5) is 35.0. The van der Waals surface area contributed by atoms with Crippen molar-refractivity contribution in [1.82, 2.24) is 0 Å². The van der Waals surface area contributed by atoms with Gasteiger partial charge in [0.2, 0.25) is 0 Å².